The van der Waals surface area contributed by atoms with Crippen molar-refractivity contribution in [3.8, 4) is 0 Å². The van der Waals surface area contributed by atoms with E-state index < -0.39 is 8.60 Å². The summed E-state index contributed by atoms with van der Waals surface area (Å²) in [5, 5.41) is 0. The van der Waals surface area contributed by atoms with Crippen LogP contribution < -0.4 is 17.2 Å². The van der Waals surface area contributed by atoms with Crippen LogP contribution in [-0.2, 0) is 0 Å². The lowest BCUT2D eigenvalue weighted by Gasteiger charge is -1.93. The summed E-state index contributed by atoms with van der Waals surface area (Å²) in [6, 6.07) is 0. The Labute approximate surface area is 91.1 Å². The zero-order valence-electron chi connectivity index (χ0n) is 6.36. The molecule has 0 saturated carbocycles. The van der Waals surface area contributed by atoms with Crippen molar-refractivity contribution >= 4 is 43.8 Å². The molecule has 80 valence electrons. The van der Waals surface area contributed by atoms with Crippen LogP contribution in [0.3, 0.4) is 0 Å². The number of nitrogens with zero attached hydrogens (tertiary/aromatic N) is 3. The number of nitrogen functional groups attached to an aromatic ring is 3. The summed E-state index contributed by atoms with van der Waals surface area (Å²) < 4.78 is 0. The van der Waals surface area contributed by atoms with Gasteiger partial charge in [-0.25, -0.2) is 0 Å². The number of hydrogen-bond acceptors (Lipinski definition) is 9. The monoisotopic (exact) mass is 238 g/mol. The summed E-state index contributed by atoms with van der Waals surface area (Å²) in [5.74, 6) is 0.125. The first-order chi connectivity index (χ1) is 5.91. The highest BCUT2D eigenvalue weighted by Gasteiger charge is 1.93. The molecule has 0 radical (unpaired) electrons. The predicted molar refractivity (Wildman–Crippen MR) is 56.6 cm³/mol. The van der Waals surface area contributed by atoms with Crippen LogP contribution in [0.15, 0.2) is 0 Å². The average Bonchev–Trinajstić information content (AvgIpc) is 1.80. The topological polar surface area (TPSA) is 177 Å². The Balaban J connectivity index is 0. The maximum atomic E-state index is 7.23. The molecule has 11 heteroatoms. The van der Waals surface area contributed by atoms with Crippen LogP contribution in [0.25, 0.3) is 0 Å². The van der Waals surface area contributed by atoms with Crippen LogP contribution in [0.1, 0.15) is 0 Å². The minimum absolute atomic E-state index is 0. The molecule has 9 N–H and O–H groups in total. The summed E-state index contributed by atoms with van der Waals surface area (Å²) in [6.45, 7) is 0. The Bertz CT molecular complexity index is 221. The van der Waals surface area contributed by atoms with Crippen LogP contribution >= 0.6 is 8.60 Å². The first-order valence-electron chi connectivity index (χ1n) is 2.81. The highest BCUT2D eigenvalue weighted by atomic mass is 31.2. The van der Waals surface area contributed by atoms with Crippen molar-refractivity contribution in [3.63, 3.8) is 0 Å². The standard InChI is InChI=1S/C3H6N6.Al.H3O3P.3H/c4-1-7-2(5)9-3(6)8-1;;1-4(2)3;;;/h(H6,4,5,6,7,8,9);;1-3H;;;. The zero-order chi connectivity index (χ0) is 10.4. The fourth-order valence-electron chi connectivity index (χ4n) is 0.427. The van der Waals surface area contributed by atoms with Crippen LogP contribution in [0.5, 0.6) is 0 Å². The lowest BCUT2D eigenvalue weighted by molar-refractivity contribution is 0.368. The van der Waals surface area contributed by atoms with Gasteiger partial charge < -0.3 is 31.9 Å². The maximum absolute atomic E-state index is 7.23. The molecule has 0 aliphatic carbocycles. The van der Waals surface area contributed by atoms with Crippen molar-refractivity contribution in [1.29, 1.82) is 0 Å². The van der Waals surface area contributed by atoms with Gasteiger partial charge in [0, 0.05) is 0 Å². The van der Waals surface area contributed by atoms with Crippen molar-refractivity contribution in [2.24, 2.45) is 0 Å². The molecule has 0 atom stereocenters. The van der Waals surface area contributed by atoms with E-state index in [-0.39, 0.29) is 35.2 Å². The molecule has 0 aromatic carbocycles. The second-order valence-corrected chi connectivity index (χ2v) is 2.21. The summed E-state index contributed by atoms with van der Waals surface area (Å²) in [6.07, 6.45) is 0. The van der Waals surface area contributed by atoms with Gasteiger partial charge in [0.2, 0.25) is 17.8 Å². The lowest BCUT2D eigenvalue weighted by atomic mass is 10.9. The fourth-order valence-corrected chi connectivity index (χ4v) is 0.427. The number of aromatic nitrogens is 3. The fraction of sp³-hybridized carbons (Fsp3) is 0. The largest absolute Gasteiger partial charge is 0.368 e. The molecular formula is C3H12AlN6O3P. The minimum Gasteiger partial charge on any atom is -0.368 e. The van der Waals surface area contributed by atoms with E-state index in [0.29, 0.717) is 0 Å². The van der Waals surface area contributed by atoms with Gasteiger partial charge in [-0.3, -0.25) is 0 Å². The van der Waals surface area contributed by atoms with Gasteiger partial charge >= 0.3 is 8.60 Å². The molecule has 0 amide bonds. The third-order valence-electron chi connectivity index (χ3n) is 0.687. The molecule has 1 rings (SSSR count). The minimum atomic E-state index is -2.62. The Morgan fingerprint density at radius 1 is 0.786 bits per heavy atom. The van der Waals surface area contributed by atoms with Crippen molar-refractivity contribution in [1.82, 2.24) is 15.0 Å². The highest BCUT2D eigenvalue weighted by Crippen LogP contribution is 2.11. The number of rotatable bonds is 0. The van der Waals surface area contributed by atoms with Crippen molar-refractivity contribution in [2.75, 3.05) is 17.2 Å². The van der Waals surface area contributed by atoms with Crippen LogP contribution in [-0.4, -0.2) is 47.0 Å². The lowest BCUT2D eigenvalue weighted by Crippen LogP contribution is -2.05. The third-order valence-corrected chi connectivity index (χ3v) is 0.687. The van der Waals surface area contributed by atoms with Gasteiger partial charge in [-0.1, -0.05) is 0 Å². The molecule has 1 aromatic rings. The highest BCUT2D eigenvalue weighted by molar-refractivity contribution is 7.38. The Hall–Kier alpha value is -0.748. The molecular weight excluding hydrogens is 226 g/mol. The van der Waals surface area contributed by atoms with Gasteiger partial charge in [-0.2, -0.15) is 15.0 Å². The number of anilines is 3. The van der Waals surface area contributed by atoms with E-state index in [0.717, 1.165) is 0 Å². The molecule has 0 spiro atoms. The molecule has 14 heavy (non-hydrogen) atoms. The molecule has 0 fully saturated rings. The third kappa shape index (κ3) is 9.34. The second-order valence-electron chi connectivity index (χ2n) is 1.68. The van der Waals surface area contributed by atoms with Crippen LogP contribution in [0.4, 0.5) is 17.8 Å². The smallest absolute Gasteiger partial charge is 0.324 e. The van der Waals surface area contributed by atoms with Crippen LogP contribution in [0.2, 0.25) is 0 Å². The van der Waals surface area contributed by atoms with Gasteiger partial charge in [0.05, 0.1) is 0 Å². The molecule has 9 nitrogen and oxygen atoms in total. The van der Waals surface area contributed by atoms with Gasteiger partial charge in [0.25, 0.3) is 0 Å². The second kappa shape index (κ2) is 7.64. The van der Waals surface area contributed by atoms with Gasteiger partial charge in [-0.05, 0) is 0 Å². The maximum Gasteiger partial charge on any atom is 0.324 e. The van der Waals surface area contributed by atoms with E-state index in [1.165, 1.54) is 0 Å². The Morgan fingerprint density at radius 2 is 0.929 bits per heavy atom. The molecule has 0 unspecified atom stereocenters. The van der Waals surface area contributed by atoms with Crippen molar-refractivity contribution < 1.29 is 14.7 Å². The first-order valence-corrected chi connectivity index (χ1v) is 4.01. The summed E-state index contributed by atoms with van der Waals surface area (Å²) in [4.78, 5) is 32.2. The Kier molecular flexibility index (Phi) is 8.57. The normalized spacial score (nSPS) is 8.57. The van der Waals surface area contributed by atoms with Crippen molar-refractivity contribution in [2.45, 2.75) is 0 Å². The zero-order valence-corrected chi connectivity index (χ0v) is 7.26. The van der Waals surface area contributed by atoms with Gasteiger partial charge in [0.15, 0.2) is 17.4 Å². The SMILES string of the molecule is Nc1nc(N)nc(N)n1.OP(O)O.[AlH3]. The molecule has 0 saturated heterocycles. The molecule has 0 aliphatic rings. The quantitative estimate of drug-likeness (QED) is 0.199. The summed E-state index contributed by atoms with van der Waals surface area (Å²) >= 11 is 0. The molecule has 0 aliphatic heterocycles. The van der Waals surface area contributed by atoms with E-state index in [4.69, 9.17) is 31.9 Å². The molecule has 1 aromatic heterocycles. The van der Waals surface area contributed by atoms with Gasteiger partial charge in [0.1, 0.15) is 0 Å². The van der Waals surface area contributed by atoms with Crippen molar-refractivity contribution in [3.05, 3.63) is 0 Å². The first kappa shape index (κ1) is 15.7. The van der Waals surface area contributed by atoms with E-state index in [1.54, 1.807) is 0 Å². The summed E-state index contributed by atoms with van der Waals surface area (Å²) in [5.41, 5.74) is 15.4. The van der Waals surface area contributed by atoms with E-state index in [1.807, 2.05) is 0 Å². The van der Waals surface area contributed by atoms with E-state index >= 15 is 0 Å². The average molecular weight is 238 g/mol. The molecule has 1 heterocycles. The van der Waals surface area contributed by atoms with E-state index in [9.17, 15) is 0 Å². The number of nitrogens with two attached hydrogens (primary N) is 3. The van der Waals surface area contributed by atoms with E-state index in [2.05, 4.69) is 15.0 Å². The predicted octanol–water partition coefficient (Wildman–Crippen LogP) is -3.38. The van der Waals surface area contributed by atoms with Gasteiger partial charge in [-0.15, -0.1) is 0 Å². The number of hydrogen-bond donors (Lipinski definition) is 6. The summed E-state index contributed by atoms with van der Waals surface area (Å²) in [7, 11) is -2.62. The Morgan fingerprint density at radius 3 is 1.07 bits per heavy atom. The molecule has 0 bridgehead atoms. The van der Waals surface area contributed by atoms with Crippen LogP contribution in [0, 0.1) is 0 Å².